The Morgan fingerprint density at radius 2 is 1.69 bits per heavy atom. The van der Waals surface area contributed by atoms with Crippen LogP contribution in [-0.4, -0.2) is 6.54 Å². The van der Waals surface area contributed by atoms with Gasteiger partial charge >= 0.3 is 0 Å². The van der Waals surface area contributed by atoms with Gasteiger partial charge in [-0.2, -0.15) is 0 Å². The first-order valence-corrected chi connectivity index (χ1v) is 5.43. The molecule has 0 aliphatic rings. The molecule has 0 unspecified atom stereocenters. The summed E-state index contributed by atoms with van der Waals surface area (Å²) in [5.74, 6) is -0.196. The Balaban J connectivity index is 2.57. The molecule has 16 heavy (non-hydrogen) atoms. The van der Waals surface area contributed by atoms with Gasteiger partial charge in [0.2, 0.25) is 0 Å². The maximum atomic E-state index is 13.0. The predicted octanol–water partition coefficient (Wildman–Crippen LogP) is 3.22. The summed E-state index contributed by atoms with van der Waals surface area (Å²) in [6.07, 6.45) is 0. The zero-order chi connectivity index (χ0) is 11.8. The molecular weight excluding hydrogens is 201 g/mol. The molecule has 0 aromatic heterocycles. The van der Waals surface area contributed by atoms with Crippen molar-refractivity contribution in [1.82, 2.24) is 0 Å². The second-order valence-electron chi connectivity index (χ2n) is 4.79. The minimum atomic E-state index is -0.196. The van der Waals surface area contributed by atoms with Gasteiger partial charge in [0.05, 0.1) is 0 Å². The third-order valence-electron chi connectivity index (χ3n) is 3.09. The molecule has 2 N–H and O–H groups in total. The summed E-state index contributed by atoms with van der Waals surface area (Å²) in [7, 11) is 0. The van der Waals surface area contributed by atoms with E-state index in [4.69, 9.17) is 5.73 Å². The largest absolute Gasteiger partial charge is 0.330 e. The molecule has 2 heteroatoms. The highest BCUT2D eigenvalue weighted by molar-refractivity contribution is 5.83. The first-order valence-electron chi connectivity index (χ1n) is 5.43. The summed E-state index contributed by atoms with van der Waals surface area (Å²) < 4.78 is 13.0. The fourth-order valence-electron chi connectivity index (χ4n) is 1.76. The van der Waals surface area contributed by atoms with Crippen LogP contribution in [0.15, 0.2) is 36.4 Å². The Bertz CT molecular complexity index is 517. The molecule has 0 spiro atoms. The van der Waals surface area contributed by atoms with E-state index in [9.17, 15) is 4.39 Å². The number of hydrogen-bond acceptors (Lipinski definition) is 1. The quantitative estimate of drug-likeness (QED) is 0.821. The second kappa shape index (κ2) is 3.87. The summed E-state index contributed by atoms with van der Waals surface area (Å²) >= 11 is 0. The van der Waals surface area contributed by atoms with Crippen LogP contribution in [-0.2, 0) is 5.41 Å². The summed E-state index contributed by atoms with van der Waals surface area (Å²) in [6.45, 7) is 4.81. The molecule has 0 aliphatic carbocycles. The molecule has 1 nitrogen and oxygen atoms in total. The summed E-state index contributed by atoms with van der Waals surface area (Å²) in [5.41, 5.74) is 6.90. The van der Waals surface area contributed by atoms with E-state index < -0.39 is 0 Å². The fourth-order valence-corrected chi connectivity index (χ4v) is 1.76. The number of nitrogens with two attached hydrogens (primary N) is 1. The van der Waals surface area contributed by atoms with Crippen molar-refractivity contribution < 1.29 is 4.39 Å². The van der Waals surface area contributed by atoms with E-state index in [1.807, 2.05) is 12.1 Å². The van der Waals surface area contributed by atoms with Crippen LogP contribution in [0.1, 0.15) is 19.4 Å². The number of benzene rings is 2. The summed E-state index contributed by atoms with van der Waals surface area (Å²) in [5, 5.41) is 1.98. The van der Waals surface area contributed by atoms with Crippen LogP contribution in [0, 0.1) is 5.82 Å². The van der Waals surface area contributed by atoms with Crippen molar-refractivity contribution in [2.24, 2.45) is 5.73 Å². The third kappa shape index (κ3) is 1.93. The molecule has 2 aromatic carbocycles. The molecule has 0 heterocycles. The molecule has 2 rings (SSSR count). The second-order valence-corrected chi connectivity index (χ2v) is 4.79. The fraction of sp³-hybridized carbons (Fsp3) is 0.286. The van der Waals surface area contributed by atoms with Gasteiger partial charge in [-0.3, -0.25) is 0 Å². The van der Waals surface area contributed by atoms with E-state index in [2.05, 4.69) is 19.9 Å². The SMILES string of the molecule is CC(C)(CN)c1ccc2cc(F)ccc2c1. The van der Waals surface area contributed by atoms with E-state index in [-0.39, 0.29) is 11.2 Å². The zero-order valence-corrected chi connectivity index (χ0v) is 9.63. The highest BCUT2D eigenvalue weighted by Crippen LogP contribution is 2.26. The van der Waals surface area contributed by atoms with Crippen LogP contribution >= 0.6 is 0 Å². The van der Waals surface area contributed by atoms with Crippen molar-refractivity contribution in [3.05, 3.63) is 47.8 Å². The summed E-state index contributed by atoms with van der Waals surface area (Å²) in [4.78, 5) is 0. The van der Waals surface area contributed by atoms with Crippen LogP contribution < -0.4 is 5.73 Å². The van der Waals surface area contributed by atoms with Crippen molar-refractivity contribution in [1.29, 1.82) is 0 Å². The monoisotopic (exact) mass is 217 g/mol. The number of fused-ring (bicyclic) bond motifs is 1. The van der Waals surface area contributed by atoms with Crippen LogP contribution in [0.3, 0.4) is 0 Å². The van der Waals surface area contributed by atoms with Gasteiger partial charge in [0.15, 0.2) is 0 Å². The van der Waals surface area contributed by atoms with Gasteiger partial charge in [-0.05, 0) is 28.5 Å². The van der Waals surface area contributed by atoms with Gasteiger partial charge in [-0.25, -0.2) is 4.39 Å². The van der Waals surface area contributed by atoms with Gasteiger partial charge in [-0.1, -0.05) is 38.1 Å². The van der Waals surface area contributed by atoms with Gasteiger partial charge in [0.25, 0.3) is 0 Å². The lowest BCUT2D eigenvalue weighted by molar-refractivity contribution is 0.540. The molecule has 0 bridgehead atoms. The average molecular weight is 217 g/mol. The smallest absolute Gasteiger partial charge is 0.123 e. The maximum Gasteiger partial charge on any atom is 0.123 e. The number of halogens is 1. The van der Waals surface area contributed by atoms with Crippen LogP contribution in [0.4, 0.5) is 4.39 Å². The third-order valence-corrected chi connectivity index (χ3v) is 3.09. The standard InChI is InChI=1S/C14H16FN/c1-14(2,9-16)12-5-3-11-8-13(15)6-4-10(11)7-12/h3-8H,9,16H2,1-2H3. The van der Waals surface area contributed by atoms with Crippen molar-refractivity contribution in [2.75, 3.05) is 6.54 Å². The molecule has 0 saturated heterocycles. The Morgan fingerprint density at radius 3 is 2.38 bits per heavy atom. The lowest BCUT2D eigenvalue weighted by atomic mass is 9.84. The molecule has 84 valence electrons. The maximum absolute atomic E-state index is 13.0. The molecule has 0 atom stereocenters. The van der Waals surface area contributed by atoms with E-state index in [0.29, 0.717) is 6.54 Å². The molecular formula is C14H16FN. The Labute approximate surface area is 95.1 Å². The molecule has 2 aromatic rings. The first kappa shape index (κ1) is 11.1. The molecule has 0 radical (unpaired) electrons. The Morgan fingerprint density at radius 1 is 1.06 bits per heavy atom. The van der Waals surface area contributed by atoms with E-state index in [0.717, 1.165) is 10.8 Å². The summed E-state index contributed by atoms with van der Waals surface area (Å²) in [6, 6.07) is 10.9. The first-order chi connectivity index (χ1) is 7.53. The van der Waals surface area contributed by atoms with E-state index >= 15 is 0 Å². The zero-order valence-electron chi connectivity index (χ0n) is 9.63. The van der Waals surface area contributed by atoms with Gasteiger partial charge in [0.1, 0.15) is 5.82 Å². The van der Waals surface area contributed by atoms with Gasteiger partial charge in [-0.15, -0.1) is 0 Å². The molecule has 0 aliphatic heterocycles. The molecule has 0 fully saturated rings. The number of hydrogen-bond donors (Lipinski definition) is 1. The average Bonchev–Trinajstić information content (AvgIpc) is 2.28. The van der Waals surface area contributed by atoms with Crippen LogP contribution in [0.2, 0.25) is 0 Å². The molecule has 0 saturated carbocycles. The predicted molar refractivity (Wildman–Crippen MR) is 66.0 cm³/mol. The lowest BCUT2D eigenvalue weighted by Crippen LogP contribution is -2.27. The van der Waals surface area contributed by atoms with E-state index in [1.165, 1.54) is 11.6 Å². The Hall–Kier alpha value is -1.41. The van der Waals surface area contributed by atoms with Crippen LogP contribution in [0.25, 0.3) is 10.8 Å². The molecule has 0 amide bonds. The van der Waals surface area contributed by atoms with Crippen molar-refractivity contribution >= 4 is 10.8 Å². The van der Waals surface area contributed by atoms with Gasteiger partial charge in [0, 0.05) is 12.0 Å². The topological polar surface area (TPSA) is 26.0 Å². The minimum absolute atomic E-state index is 0.0391. The van der Waals surface area contributed by atoms with E-state index in [1.54, 1.807) is 12.1 Å². The van der Waals surface area contributed by atoms with Crippen LogP contribution in [0.5, 0.6) is 0 Å². The van der Waals surface area contributed by atoms with Crippen molar-refractivity contribution in [3.63, 3.8) is 0 Å². The highest BCUT2D eigenvalue weighted by atomic mass is 19.1. The lowest BCUT2D eigenvalue weighted by Gasteiger charge is -2.23. The Kier molecular flexibility index (Phi) is 2.68. The number of rotatable bonds is 2. The van der Waals surface area contributed by atoms with Crippen molar-refractivity contribution in [2.45, 2.75) is 19.3 Å². The highest BCUT2D eigenvalue weighted by Gasteiger charge is 2.18. The normalized spacial score (nSPS) is 12.0. The van der Waals surface area contributed by atoms with Crippen molar-refractivity contribution in [3.8, 4) is 0 Å². The van der Waals surface area contributed by atoms with Gasteiger partial charge < -0.3 is 5.73 Å². The minimum Gasteiger partial charge on any atom is -0.330 e.